The van der Waals surface area contributed by atoms with Crippen LogP contribution in [0.25, 0.3) is 0 Å². The van der Waals surface area contributed by atoms with E-state index in [4.69, 9.17) is 14.2 Å². The summed E-state index contributed by atoms with van der Waals surface area (Å²) in [5.41, 5.74) is 1.31. The molecular weight excluding hydrogens is 370 g/mol. The number of carbonyl (C=O) groups is 1. The Bertz CT molecular complexity index is 864. The summed E-state index contributed by atoms with van der Waals surface area (Å²) in [5, 5.41) is 2.76. The van der Waals surface area contributed by atoms with Gasteiger partial charge in [-0.25, -0.2) is 8.78 Å². The van der Waals surface area contributed by atoms with Crippen molar-refractivity contribution in [3.63, 3.8) is 0 Å². The molecule has 1 amide bonds. The minimum absolute atomic E-state index is 0.0633. The number of anilines is 2. The predicted molar refractivity (Wildman–Crippen MR) is 102 cm³/mol. The van der Waals surface area contributed by atoms with Gasteiger partial charge in [0.25, 0.3) is 0 Å². The van der Waals surface area contributed by atoms with Crippen molar-refractivity contribution in [2.45, 2.75) is 12.8 Å². The molecule has 1 N–H and O–H groups in total. The summed E-state index contributed by atoms with van der Waals surface area (Å²) in [4.78, 5) is 14.2. The second kappa shape index (κ2) is 8.33. The van der Waals surface area contributed by atoms with Crippen LogP contribution in [0.3, 0.4) is 0 Å². The minimum Gasteiger partial charge on any atom is -0.493 e. The second-order valence-corrected chi connectivity index (χ2v) is 6.38. The highest BCUT2D eigenvalue weighted by molar-refractivity contribution is 5.95. The van der Waals surface area contributed by atoms with Gasteiger partial charge in [-0.05, 0) is 24.5 Å². The minimum atomic E-state index is -0.657. The lowest BCUT2D eigenvalue weighted by molar-refractivity contribution is -0.115. The molecule has 6 nitrogen and oxygen atoms in total. The van der Waals surface area contributed by atoms with Gasteiger partial charge in [0.15, 0.2) is 11.5 Å². The first-order valence-corrected chi connectivity index (χ1v) is 8.79. The number of fused-ring (bicyclic) bond motifs is 1. The Kier molecular flexibility index (Phi) is 5.87. The third-order valence-corrected chi connectivity index (χ3v) is 4.58. The number of carbonyl (C=O) groups excluding carboxylic acids is 1. The molecule has 0 aromatic heterocycles. The van der Waals surface area contributed by atoms with Crippen LogP contribution >= 0.6 is 0 Å². The van der Waals surface area contributed by atoms with Crippen molar-refractivity contribution in [1.82, 2.24) is 0 Å². The molecule has 1 heterocycles. The number of aryl methyl sites for hydroxylation is 1. The summed E-state index contributed by atoms with van der Waals surface area (Å²) in [6.07, 6.45) is 1.29. The summed E-state index contributed by atoms with van der Waals surface area (Å²) < 4.78 is 43.5. The van der Waals surface area contributed by atoms with Gasteiger partial charge >= 0.3 is 0 Å². The van der Waals surface area contributed by atoms with Gasteiger partial charge in [-0.1, -0.05) is 0 Å². The number of amides is 1. The third-order valence-electron chi connectivity index (χ3n) is 4.58. The Balaban J connectivity index is 1.79. The highest BCUT2D eigenvalue weighted by Gasteiger charge is 2.24. The van der Waals surface area contributed by atoms with Crippen LogP contribution in [0.5, 0.6) is 17.2 Å². The zero-order valence-corrected chi connectivity index (χ0v) is 16.0. The Morgan fingerprint density at radius 2 is 1.75 bits per heavy atom. The number of hydrogen-bond donors (Lipinski definition) is 1. The molecule has 0 saturated heterocycles. The lowest BCUT2D eigenvalue weighted by Crippen LogP contribution is -2.37. The standard InChI is InChI=1S/C20H22F2N2O4/c1-26-16-9-14(10-17(27-2)20(16)28-3)23-18(25)11-24-6-4-5-12-7-13(21)8-15(22)19(12)24/h7-10H,4-6,11H2,1-3H3,(H,23,25). The maximum absolute atomic E-state index is 14.3. The maximum atomic E-state index is 14.3. The fraction of sp³-hybridized carbons (Fsp3) is 0.350. The molecule has 1 aliphatic heterocycles. The van der Waals surface area contributed by atoms with Crippen molar-refractivity contribution in [3.8, 4) is 17.2 Å². The SMILES string of the molecule is COc1cc(NC(=O)CN2CCCc3cc(F)cc(F)c32)cc(OC)c1OC. The number of rotatable bonds is 6. The van der Waals surface area contributed by atoms with E-state index in [2.05, 4.69) is 5.32 Å². The molecule has 0 atom stereocenters. The third kappa shape index (κ3) is 3.95. The number of ether oxygens (including phenoxy) is 3. The highest BCUT2D eigenvalue weighted by Crippen LogP contribution is 2.40. The van der Waals surface area contributed by atoms with E-state index in [0.717, 1.165) is 6.07 Å². The van der Waals surface area contributed by atoms with E-state index in [1.807, 2.05) is 0 Å². The predicted octanol–water partition coefficient (Wildman–Crippen LogP) is 3.38. The molecule has 0 bridgehead atoms. The molecule has 1 aliphatic rings. The molecule has 0 saturated carbocycles. The first-order valence-electron chi connectivity index (χ1n) is 8.79. The van der Waals surface area contributed by atoms with Gasteiger partial charge in [-0.3, -0.25) is 4.79 Å². The van der Waals surface area contributed by atoms with Gasteiger partial charge < -0.3 is 24.4 Å². The molecule has 2 aromatic rings. The Morgan fingerprint density at radius 3 is 2.36 bits per heavy atom. The Morgan fingerprint density at radius 1 is 1.07 bits per heavy atom. The fourth-order valence-corrected chi connectivity index (χ4v) is 3.42. The van der Waals surface area contributed by atoms with Crippen LogP contribution in [0.4, 0.5) is 20.2 Å². The zero-order valence-electron chi connectivity index (χ0n) is 16.0. The molecule has 0 radical (unpaired) electrons. The Labute approximate surface area is 162 Å². The number of benzene rings is 2. The van der Waals surface area contributed by atoms with Crippen LogP contribution in [-0.2, 0) is 11.2 Å². The van der Waals surface area contributed by atoms with E-state index in [1.165, 1.54) is 27.4 Å². The summed E-state index contributed by atoms with van der Waals surface area (Å²) in [7, 11) is 4.45. The molecule has 3 rings (SSSR count). The number of halogens is 2. The van der Waals surface area contributed by atoms with Crippen molar-refractivity contribution in [2.24, 2.45) is 0 Å². The lowest BCUT2D eigenvalue weighted by atomic mass is 10.0. The normalized spacial score (nSPS) is 13.0. The monoisotopic (exact) mass is 392 g/mol. The van der Waals surface area contributed by atoms with Crippen LogP contribution in [0, 0.1) is 11.6 Å². The lowest BCUT2D eigenvalue weighted by Gasteiger charge is -2.31. The number of methoxy groups -OCH3 is 3. The molecule has 0 unspecified atom stereocenters. The first-order chi connectivity index (χ1) is 13.5. The quantitative estimate of drug-likeness (QED) is 0.817. The topological polar surface area (TPSA) is 60.0 Å². The summed E-state index contributed by atoms with van der Waals surface area (Å²) in [6, 6.07) is 5.38. The van der Waals surface area contributed by atoms with E-state index in [-0.39, 0.29) is 18.1 Å². The van der Waals surface area contributed by atoms with Crippen LogP contribution in [-0.4, -0.2) is 40.3 Å². The summed E-state index contributed by atoms with van der Waals surface area (Å²) in [5.74, 6) is -0.387. The van der Waals surface area contributed by atoms with Gasteiger partial charge in [0.2, 0.25) is 11.7 Å². The fourth-order valence-electron chi connectivity index (χ4n) is 3.42. The van der Waals surface area contributed by atoms with Crippen molar-refractivity contribution < 1.29 is 27.8 Å². The Hall–Kier alpha value is -3.03. The smallest absolute Gasteiger partial charge is 0.243 e. The molecular formula is C20H22F2N2O4. The van der Waals surface area contributed by atoms with Crippen molar-refractivity contribution in [3.05, 3.63) is 41.5 Å². The highest BCUT2D eigenvalue weighted by atomic mass is 19.1. The van der Waals surface area contributed by atoms with E-state index in [9.17, 15) is 13.6 Å². The van der Waals surface area contributed by atoms with Crippen molar-refractivity contribution >= 4 is 17.3 Å². The van der Waals surface area contributed by atoms with Gasteiger partial charge in [-0.15, -0.1) is 0 Å². The van der Waals surface area contributed by atoms with E-state index < -0.39 is 11.6 Å². The number of nitrogens with one attached hydrogen (secondary N) is 1. The molecule has 2 aromatic carbocycles. The van der Waals surface area contributed by atoms with Gasteiger partial charge in [-0.2, -0.15) is 0 Å². The summed E-state index contributed by atoms with van der Waals surface area (Å²) >= 11 is 0. The second-order valence-electron chi connectivity index (χ2n) is 6.38. The summed E-state index contributed by atoms with van der Waals surface area (Å²) in [6.45, 7) is 0.449. The molecule has 0 spiro atoms. The van der Waals surface area contributed by atoms with E-state index in [0.29, 0.717) is 47.9 Å². The maximum Gasteiger partial charge on any atom is 0.243 e. The molecule has 0 aliphatic carbocycles. The van der Waals surface area contributed by atoms with Crippen LogP contribution < -0.4 is 24.4 Å². The molecule has 8 heteroatoms. The number of hydrogen-bond acceptors (Lipinski definition) is 5. The molecule has 150 valence electrons. The zero-order chi connectivity index (χ0) is 20.3. The van der Waals surface area contributed by atoms with Crippen LogP contribution in [0.15, 0.2) is 24.3 Å². The largest absolute Gasteiger partial charge is 0.493 e. The van der Waals surface area contributed by atoms with Gasteiger partial charge in [0, 0.05) is 30.4 Å². The van der Waals surface area contributed by atoms with E-state index >= 15 is 0 Å². The van der Waals surface area contributed by atoms with E-state index in [1.54, 1.807) is 17.0 Å². The molecule has 28 heavy (non-hydrogen) atoms. The van der Waals surface area contributed by atoms with Crippen molar-refractivity contribution in [2.75, 3.05) is 44.6 Å². The number of nitrogens with zero attached hydrogens (tertiary/aromatic N) is 1. The molecule has 0 fully saturated rings. The van der Waals surface area contributed by atoms with Gasteiger partial charge in [0.05, 0.1) is 33.6 Å². The van der Waals surface area contributed by atoms with Crippen LogP contribution in [0.1, 0.15) is 12.0 Å². The first kappa shape index (κ1) is 19.7. The van der Waals surface area contributed by atoms with Gasteiger partial charge in [0.1, 0.15) is 11.6 Å². The van der Waals surface area contributed by atoms with Crippen LogP contribution in [0.2, 0.25) is 0 Å². The van der Waals surface area contributed by atoms with Crippen molar-refractivity contribution in [1.29, 1.82) is 0 Å². The average Bonchev–Trinajstić information content (AvgIpc) is 2.66. The average molecular weight is 392 g/mol.